The quantitative estimate of drug-likeness (QED) is 0.368. The van der Waals surface area contributed by atoms with E-state index in [0.29, 0.717) is 13.0 Å². The van der Waals surface area contributed by atoms with E-state index in [2.05, 4.69) is 44.6 Å². The van der Waals surface area contributed by atoms with Crippen LogP contribution in [-0.4, -0.2) is 57.1 Å². The molecule has 4 rings (SSSR count). The molecule has 1 saturated carbocycles. The van der Waals surface area contributed by atoms with Crippen LogP contribution >= 0.6 is 0 Å². The van der Waals surface area contributed by atoms with Crippen molar-refractivity contribution in [2.75, 3.05) is 25.5 Å². The summed E-state index contributed by atoms with van der Waals surface area (Å²) in [5.74, 6) is 6.72. The van der Waals surface area contributed by atoms with E-state index in [1.54, 1.807) is 0 Å². The Hall–Kier alpha value is -2.92. The Labute approximate surface area is 176 Å². The second-order valence-corrected chi connectivity index (χ2v) is 7.56. The lowest BCUT2D eigenvalue weighted by molar-refractivity contribution is 0.0150. The maximum Gasteiger partial charge on any atom is 0.145 e. The summed E-state index contributed by atoms with van der Waals surface area (Å²) in [5, 5.41) is 28.4. The number of nitrogens with one attached hydrogen (secondary N) is 2. The van der Waals surface area contributed by atoms with Gasteiger partial charge in [-0.05, 0) is 24.5 Å². The highest BCUT2D eigenvalue weighted by Crippen LogP contribution is 2.37. The fraction of sp³-hybridized carbons (Fsp3) is 0.391. The average Bonchev–Trinajstić information content (AvgIpc) is 3.33. The zero-order valence-electron chi connectivity index (χ0n) is 17.0. The predicted molar refractivity (Wildman–Crippen MR) is 117 cm³/mol. The van der Waals surface area contributed by atoms with E-state index in [9.17, 15) is 10.2 Å². The normalized spacial score (nSPS) is 23.3. The highest BCUT2D eigenvalue weighted by atomic mass is 16.3. The summed E-state index contributed by atoms with van der Waals surface area (Å²) in [5.41, 5.74) is 2.03. The number of hydrogen-bond donors (Lipinski definition) is 4. The minimum Gasteiger partial charge on any atom is -0.389 e. The van der Waals surface area contributed by atoms with Crippen molar-refractivity contribution in [2.45, 2.75) is 31.1 Å². The number of anilines is 1. The number of nitrogens with zero attached hydrogens (tertiary/aromatic N) is 3. The van der Waals surface area contributed by atoms with Crippen molar-refractivity contribution >= 4 is 16.9 Å². The number of aliphatic hydroxyl groups is 2. The Morgan fingerprint density at radius 1 is 1.13 bits per heavy atom. The van der Waals surface area contributed by atoms with E-state index in [1.807, 2.05) is 42.1 Å². The van der Waals surface area contributed by atoms with E-state index < -0.39 is 12.2 Å². The van der Waals surface area contributed by atoms with Crippen LogP contribution < -0.4 is 10.6 Å². The van der Waals surface area contributed by atoms with E-state index in [0.717, 1.165) is 29.8 Å². The largest absolute Gasteiger partial charge is 0.389 e. The molecule has 0 spiro atoms. The summed E-state index contributed by atoms with van der Waals surface area (Å²) >= 11 is 0. The van der Waals surface area contributed by atoms with Crippen LogP contribution in [0, 0.1) is 17.8 Å². The van der Waals surface area contributed by atoms with E-state index in [1.165, 1.54) is 11.9 Å². The van der Waals surface area contributed by atoms with Crippen LogP contribution in [-0.2, 0) is 6.42 Å². The smallest absolute Gasteiger partial charge is 0.145 e. The molecule has 4 N–H and O–H groups in total. The Kier molecular flexibility index (Phi) is 6.29. The second kappa shape index (κ2) is 9.26. The first-order valence-corrected chi connectivity index (χ1v) is 10.3. The molecular formula is C23H27N5O2. The molecule has 1 aliphatic rings. The van der Waals surface area contributed by atoms with Gasteiger partial charge < -0.3 is 25.4 Å². The van der Waals surface area contributed by atoms with Gasteiger partial charge in [-0.1, -0.05) is 42.2 Å². The van der Waals surface area contributed by atoms with Crippen molar-refractivity contribution in [3.63, 3.8) is 0 Å². The molecule has 4 atom stereocenters. The van der Waals surface area contributed by atoms with Crippen LogP contribution in [0.25, 0.3) is 11.0 Å². The Bertz CT molecular complexity index is 1040. The zero-order chi connectivity index (χ0) is 20.9. The summed E-state index contributed by atoms with van der Waals surface area (Å²) in [6.07, 6.45) is 3.14. The van der Waals surface area contributed by atoms with Gasteiger partial charge in [-0.25, -0.2) is 9.97 Å². The molecule has 0 amide bonds. The first-order chi connectivity index (χ1) is 14.7. The van der Waals surface area contributed by atoms with Gasteiger partial charge in [0, 0.05) is 19.8 Å². The Balaban J connectivity index is 1.37. The number of hydrogen-bond acceptors (Lipinski definition) is 6. The van der Waals surface area contributed by atoms with Crippen LogP contribution in [0.1, 0.15) is 18.0 Å². The SMILES string of the molecule is CNc1ncnc2c1ccn2[C@@H]1C[C@H](C#CCNCCc2ccccc2)[C@@H](O)[C@H]1O. The van der Waals surface area contributed by atoms with Crippen molar-refractivity contribution in [3.8, 4) is 11.8 Å². The summed E-state index contributed by atoms with van der Waals surface area (Å²) < 4.78 is 1.92. The second-order valence-electron chi connectivity index (χ2n) is 7.56. The number of aliphatic hydroxyl groups excluding tert-OH is 2. The standard InChI is InChI=1S/C23H27N5O2/c1-24-22-18-10-13-28(23(18)27-15-26-22)19-14-17(20(29)21(19)30)8-5-11-25-12-9-16-6-3-2-4-7-16/h2-4,6-7,10,13,15,17,19-21,25,29-30H,9,11-12,14H2,1H3,(H,24,26,27)/t17-,19+,20+,21-/m0/s1. The molecule has 0 radical (unpaired) electrons. The third-order valence-corrected chi connectivity index (χ3v) is 5.69. The van der Waals surface area contributed by atoms with Crippen molar-refractivity contribution in [2.24, 2.45) is 5.92 Å². The van der Waals surface area contributed by atoms with Gasteiger partial charge in [0.25, 0.3) is 0 Å². The van der Waals surface area contributed by atoms with Crippen LogP contribution in [0.3, 0.4) is 0 Å². The summed E-state index contributed by atoms with van der Waals surface area (Å²) in [6, 6.07) is 12.0. The van der Waals surface area contributed by atoms with E-state index >= 15 is 0 Å². The van der Waals surface area contributed by atoms with Gasteiger partial charge in [0.2, 0.25) is 0 Å². The van der Waals surface area contributed by atoms with Gasteiger partial charge in [0.05, 0.1) is 30.0 Å². The summed E-state index contributed by atoms with van der Waals surface area (Å²) in [6.45, 7) is 1.40. The first kappa shape index (κ1) is 20.4. The molecule has 1 aliphatic carbocycles. The Morgan fingerprint density at radius 3 is 2.77 bits per heavy atom. The molecule has 3 aromatic rings. The van der Waals surface area contributed by atoms with Crippen molar-refractivity contribution < 1.29 is 10.2 Å². The number of rotatable bonds is 6. The number of aromatic nitrogens is 3. The summed E-state index contributed by atoms with van der Waals surface area (Å²) in [7, 11) is 1.81. The number of fused-ring (bicyclic) bond motifs is 1. The molecule has 1 aromatic carbocycles. The molecule has 2 aromatic heterocycles. The molecule has 30 heavy (non-hydrogen) atoms. The highest BCUT2D eigenvalue weighted by Gasteiger charge is 2.42. The maximum absolute atomic E-state index is 10.6. The lowest BCUT2D eigenvalue weighted by Crippen LogP contribution is -2.29. The van der Waals surface area contributed by atoms with E-state index in [4.69, 9.17) is 0 Å². The van der Waals surface area contributed by atoms with Crippen LogP contribution in [0.4, 0.5) is 5.82 Å². The molecule has 2 heterocycles. The Morgan fingerprint density at radius 2 is 1.97 bits per heavy atom. The van der Waals surface area contributed by atoms with Crippen LogP contribution in [0.15, 0.2) is 48.9 Å². The fourth-order valence-electron chi connectivity index (χ4n) is 4.08. The van der Waals surface area contributed by atoms with Gasteiger partial charge in [0.1, 0.15) is 23.9 Å². The van der Waals surface area contributed by atoms with Crippen molar-refractivity contribution in [1.82, 2.24) is 19.9 Å². The van der Waals surface area contributed by atoms with Gasteiger partial charge in [-0.3, -0.25) is 0 Å². The predicted octanol–water partition coefficient (Wildman–Crippen LogP) is 1.59. The molecule has 7 nitrogen and oxygen atoms in total. The molecule has 7 heteroatoms. The first-order valence-electron chi connectivity index (χ1n) is 10.3. The topological polar surface area (TPSA) is 95.2 Å². The lowest BCUT2D eigenvalue weighted by atomic mass is 10.1. The molecular weight excluding hydrogens is 378 g/mol. The zero-order valence-corrected chi connectivity index (χ0v) is 17.0. The molecule has 0 bridgehead atoms. The monoisotopic (exact) mass is 405 g/mol. The van der Waals surface area contributed by atoms with Gasteiger partial charge in [-0.15, -0.1) is 0 Å². The molecule has 156 valence electrons. The van der Waals surface area contributed by atoms with Gasteiger partial charge in [0.15, 0.2) is 0 Å². The minimum absolute atomic E-state index is 0.274. The fourth-order valence-corrected chi connectivity index (χ4v) is 4.08. The molecule has 1 fully saturated rings. The average molecular weight is 406 g/mol. The maximum atomic E-state index is 10.6. The number of benzene rings is 1. The van der Waals surface area contributed by atoms with Crippen LogP contribution in [0.5, 0.6) is 0 Å². The highest BCUT2D eigenvalue weighted by molar-refractivity contribution is 5.87. The van der Waals surface area contributed by atoms with Gasteiger partial charge in [-0.2, -0.15) is 0 Å². The van der Waals surface area contributed by atoms with Crippen molar-refractivity contribution in [3.05, 3.63) is 54.5 Å². The van der Waals surface area contributed by atoms with Gasteiger partial charge >= 0.3 is 0 Å². The molecule has 0 unspecified atom stereocenters. The lowest BCUT2D eigenvalue weighted by Gasteiger charge is -2.18. The van der Waals surface area contributed by atoms with E-state index in [-0.39, 0.29) is 12.0 Å². The summed E-state index contributed by atoms with van der Waals surface area (Å²) in [4.78, 5) is 8.59. The minimum atomic E-state index is -0.890. The molecule has 0 aliphatic heterocycles. The third-order valence-electron chi connectivity index (χ3n) is 5.69. The van der Waals surface area contributed by atoms with Crippen LogP contribution in [0.2, 0.25) is 0 Å². The van der Waals surface area contributed by atoms with Crippen molar-refractivity contribution in [1.29, 1.82) is 0 Å². The third kappa shape index (κ3) is 4.17. The molecule has 0 saturated heterocycles.